The number of benzene rings is 2. The lowest BCUT2D eigenvalue weighted by molar-refractivity contribution is 0.902. The molecule has 3 nitrogen and oxygen atoms in total. The number of imidazole rings is 1. The van der Waals surface area contributed by atoms with Gasteiger partial charge in [0.1, 0.15) is 5.82 Å². The van der Waals surface area contributed by atoms with Crippen LogP contribution in [0.15, 0.2) is 40.9 Å². The van der Waals surface area contributed by atoms with Crippen LogP contribution in [0.4, 0.5) is 5.69 Å². The Labute approximate surface area is 126 Å². The maximum atomic E-state index is 5.86. The summed E-state index contributed by atoms with van der Waals surface area (Å²) in [4.78, 5) is 4.71. The molecule has 0 atom stereocenters. The third-order valence-corrected chi connectivity index (χ3v) is 4.40. The number of aryl methyl sites for hydroxylation is 1. The summed E-state index contributed by atoms with van der Waals surface area (Å²) in [5.41, 5.74) is 11.0. The Hall–Kier alpha value is -1.81. The van der Waals surface area contributed by atoms with Crippen molar-refractivity contribution >= 4 is 32.7 Å². The molecular formula is C16H16BrN3. The fourth-order valence-corrected chi connectivity index (χ4v) is 2.85. The van der Waals surface area contributed by atoms with Crippen LogP contribution in [0.25, 0.3) is 16.7 Å². The van der Waals surface area contributed by atoms with Gasteiger partial charge in [0.15, 0.2) is 0 Å². The van der Waals surface area contributed by atoms with Crippen LogP contribution in [-0.2, 0) is 6.42 Å². The Morgan fingerprint density at radius 3 is 2.80 bits per heavy atom. The maximum Gasteiger partial charge on any atom is 0.114 e. The van der Waals surface area contributed by atoms with Crippen LogP contribution in [0.3, 0.4) is 0 Å². The molecule has 0 spiro atoms. The number of halogens is 1. The molecular weight excluding hydrogens is 314 g/mol. The van der Waals surface area contributed by atoms with Crippen molar-refractivity contribution in [1.29, 1.82) is 0 Å². The third kappa shape index (κ3) is 2.00. The molecule has 1 heterocycles. The Bertz CT molecular complexity index is 790. The lowest BCUT2D eigenvalue weighted by Crippen LogP contribution is -2.02. The molecule has 4 heteroatoms. The molecule has 0 amide bonds. The molecule has 2 aromatic carbocycles. The highest BCUT2D eigenvalue weighted by molar-refractivity contribution is 9.10. The first-order chi connectivity index (χ1) is 9.61. The monoisotopic (exact) mass is 329 g/mol. The second-order valence-corrected chi connectivity index (χ2v) is 5.70. The molecule has 0 aliphatic heterocycles. The number of aromatic nitrogens is 2. The quantitative estimate of drug-likeness (QED) is 0.714. The van der Waals surface area contributed by atoms with Gasteiger partial charge in [0.05, 0.1) is 16.7 Å². The van der Waals surface area contributed by atoms with E-state index in [0.717, 1.165) is 39.1 Å². The summed E-state index contributed by atoms with van der Waals surface area (Å²) in [6, 6.07) is 12.1. The van der Waals surface area contributed by atoms with Crippen molar-refractivity contribution in [3.8, 4) is 5.69 Å². The average Bonchev–Trinajstić information content (AvgIpc) is 2.79. The van der Waals surface area contributed by atoms with Gasteiger partial charge in [-0.2, -0.15) is 0 Å². The zero-order valence-electron chi connectivity index (χ0n) is 11.5. The zero-order valence-corrected chi connectivity index (χ0v) is 13.1. The van der Waals surface area contributed by atoms with Crippen molar-refractivity contribution in [3.05, 3.63) is 52.3 Å². The van der Waals surface area contributed by atoms with Crippen LogP contribution in [0, 0.1) is 6.92 Å². The first-order valence-electron chi connectivity index (χ1n) is 6.64. The summed E-state index contributed by atoms with van der Waals surface area (Å²) >= 11 is 3.60. The minimum atomic E-state index is 0.746. The smallest absolute Gasteiger partial charge is 0.114 e. The van der Waals surface area contributed by atoms with Gasteiger partial charge in [0.2, 0.25) is 0 Å². The van der Waals surface area contributed by atoms with E-state index < -0.39 is 0 Å². The highest BCUT2D eigenvalue weighted by Gasteiger charge is 2.13. The van der Waals surface area contributed by atoms with Crippen LogP contribution in [0.2, 0.25) is 0 Å². The second-order valence-electron chi connectivity index (χ2n) is 4.85. The lowest BCUT2D eigenvalue weighted by Gasteiger charge is -2.12. The molecule has 102 valence electrons. The van der Waals surface area contributed by atoms with Crippen molar-refractivity contribution < 1.29 is 0 Å². The van der Waals surface area contributed by atoms with Crippen LogP contribution in [0.5, 0.6) is 0 Å². The maximum absolute atomic E-state index is 5.86. The van der Waals surface area contributed by atoms with E-state index in [4.69, 9.17) is 10.7 Å². The molecule has 0 radical (unpaired) electrons. The molecule has 3 rings (SSSR count). The van der Waals surface area contributed by atoms with Crippen LogP contribution < -0.4 is 5.73 Å². The predicted octanol–water partition coefficient (Wildman–Crippen LogP) is 4.24. The van der Waals surface area contributed by atoms with Gasteiger partial charge in [-0.15, -0.1) is 0 Å². The summed E-state index contributed by atoms with van der Waals surface area (Å²) < 4.78 is 3.32. The fraction of sp³-hybridized carbons (Fsp3) is 0.188. The number of rotatable bonds is 2. The molecule has 0 aliphatic carbocycles. The topological polar surface area (TPSA) is 43.8 Å². The van der Waals surface area contributed by atoms with Crippen LogP contribution in [0.1, 0.15) is 18.3 Å². The van der Waals surface area contributed by atoms with Gasteiger partial charge in [0.25, 0.3) is 0 Å². The number of nitrogens with two attached hydrogens (primary N) is 1. The van der Waals surface area contributed by atoms with Crippen molar-refractivity contribution in [2.75, 3.05) is 5.73 Å². The summed E-state index contributed by atoms with van der Waals surface area (Å²) in [5.74, 6) is 1.05. The Kier molecular flexibility index (Phi) is 3.26. The molecule has 20 heavy (non-hydrogen) atoms. The zero-order chi connectivity index (χ0) is 14.3. The van der Waals surface area contributed by atoms with Gasteiger partial charge >= 0.3 is 0 Å². The second kappa shape index (κ2) is 4.94. The van der Waals surface area contributed by atoms with Crippen molar-refractivity contribution in [2.24, 2.45) is 0 Å². The standard InChI is InChI=1S/C16H16BrN3/c1-3-16-19-13-9-11(18)7-8-15(13)20(16)14-6-4-5-12(17)10(14)2/h4-9H,3,18H2,1-2H3. The Morgan fingerprint density at radius 1 is 1.25 bits per heavy atom. The van der Waals surface area contributed by atoms with Crippen LogP contribution in [-0.4, -0.2) is 9.55 Å². The van der Waals surface area contributed by atoms with E-state index in [1.165, 1.54) is 5.56 Å². The van der Waals surface area contributed by atoms with Gasteiger partial charge in [-0.25, -0.2) is 4.98 Å². The van der Waals surface area contributed by atoms with Gasteiger partial charge in [-0.3, -0.25) is 4.57 Å². The normalized spacial score (nSPS) is 11.2. The molecule has 0 aliphatic rings. The lowest BCUT2D eigenvalue weighted by atomic mass is 10.2. The van der Waals surface area contributed by atoms with Crippen molar-refractivity contribution in [1.82, 2.24) is 9.55 Å². The van der Waals surface area contributed by atoms with E-state index in [0.29, 0.717) is 0 Å². The molecule has 0 bridgehead atoms. The SMILES string of the molecule is CCc1nc2cc(N)ccc2n1-c1cccc(Br)c1C. The van der Waals surface area contributed by atoms with E-state index in [9.17, 15) is 0 Å². The number of fused-ring (bicyclic) bond motifs is 1. The Morgan fingerprint density at radius 2 is 2.05 bits per heavy atom. The minimum Gasteiger partial charge on any atom is -0.399 e. The summed E-state index contributed by atoms with van der Waals surface area (Å²) in [6.45, 7) is 4.23. The van der Waals surface area contributed by atoms with E-state index >= 15 is 0 Å². The molecule has 0 unspecified atom stereocenters. The summed E-state index contributed by atoms with van der Waals surface area (Å²) in [7, 11) is 0. The summed E-state index contributed by atoms with van der Waals surface area (Å²) in [6.07, 6.45) is 0.876. The molecule has 2 N–H and O–H groups in total. The van der Waals surface area contributed by atoms with Gasteiger partial charge < -0.3 is 5.73 Å². The summed E-state index contributed by atoms with van der Waals surface area (Å²) in [5, 5.41) is 0. The highest BCUT2D eigenvalue weighted by atomic mass is 79.9. The number of nitrogen functional groups attached to an aromatic ring is 1. The van der Waals surface area contributed by atoms with Gasteiger partial charge in [-0.05, 0) is 42.8 Å². The largest absolute Gasteiger partial charge is 0.399 e. The number of nitrogens with zero attached hydrogens (tertiary/aromatic N) is 2. The molecule has 3 aromatic rings. The molecule has 0 saturated carbocycles. The van der Waals surface area contributed by atoms with E-state index in [2.05, 4.69) is 52.5 Å². The average molecular weight is 330 g/mol. The first kappa shape index (κ1) is 13.2. The van der Waals surface area contributed by atoms with E-state index in [1.54, 1.807) is 0 Å². The van der Waals surface area contributed by atoms with Crippen LogP contribution >= 0.6 is 15.9 Å². The predicted molar refractivity (Wildman–Crippen MR) is 87.3 cm³/mol. The van der Waals surface area contributed by atoms with Crippen molar-refractivity contribution in [2.45, 2.75) is 20.3 Å². The Balaban J connectivity index is 2.37. The van der Waals surface area contributed by atoms with Gasteiger partial charge in [-0.1, -0.05) is 28.9 Å². The third-order valence-electron chi connectivity index (χ3n) is 3.54. The van der Waals surface area contributed by atoms with E-state index in [1.807, 2.05) is 18.2 Å². The van der Waals surface area contributed by atoms with E-state index in [-0.39, 0.29) is 0 Å². The number of hydrogen-bond donors (Lipinski definition) is 1. The first-order valence-corrected chi connectivity index (χ1v) is 7.43. The van der Waals surface area contributed by atoms with Crippen molar-refractivity contribution in [3.63, 3.8) is 0 Å². The number of anilines is 1. The molecule has 0 saturated heterocycles. The number of hydrogen-bond acceptors (Lipinski definition) is 2. The fourth-order valence-electron chi connectivity index (χ4n) is 2.49. The molecule has 1 aromatic heterocycles. The minimum absolute atomic E-state index is 0.746. The highest BCUT2D eigenvalue weighted by Crippen LogP contribution is 2.28. The molecule has 0 fully saturated rings. The van der Waals surface area contributed by atoms with Gasteiger partial charge in [0, 0.05) is 16.6 Å².